The number of nitrogens with two attached hydrogens (primary N) is 1. The SMILES string of the molecule is C=C(O)C(N)CCCCNC(=O)COCCOCCNC(=O)COCCOCCNC(=O)CC[C@H](NC(=O)CCCCCCCCCCCCCCCC(=O)O)C(=O)O. The molecule has 0 bridgehead atoms. The van der Waals surface area contributed by atoms with Gasteiger partial charge in [0.05, 0.1) is 45.7 Å². The summed E-state index contributed by atoms with van der Waals surface area (Å²) in [5.41, 5.74) is 5.67. The smallest absolute Gasteiger partial charge is 0.326 e. The second-order valence-electron chi connectivity index (χ2n) is 14.5. The number of aliphatic hydroxyl groups excluding tert-OH is 1. The highest BCUT2D eigenvalue weighted by Crippen LogP contribution is 2.13. The first-order valence-electron chi connectivity index (χ1n) is 21.4. The zero-order chi connectivity index (χ0) is 43.8. The van der Waals surface area contributed by atoms with Crippen LogP contribution in [0, 0.1) is 0 Å². The van der Waals surface area contributed by atoms with Crippen molar-refractivity contribution in [3.8, 4) is 0 Å². The van der Waals surface area contributed by atoms with Crippen molar-refractivity contribution < 1.29 is 63.0 Å². The number of aliphatic carboxylic acids is 2. The Morgan fingerprint density at radius 2 is 0.915 bits per heavy atom. The topological polar surface area (TPSA) is 274 Å². The molecule has 0 aliphatic heterocycles. The van der Waals surface area contributed by atoms with Crippen LogP contribution in [0.25, 0.3) is 0 Å². The van der Waals surface area contributed by atoms with E-state index in [1.54, 1.807) is 0 Å². The Balaban J connectivity index is 3.65. The quantitative estimate of drug-likeness (QED) is 0.0323. The van der Waals surface area contributed by atoms with Crippen LogP contribution in [0.15, 0.2) is 12.3 Å². The molecule has 18 heteroatoms. The fraction of sp³-hybridized carbons (Fsp3) is 0.805. The van der Waals surface area contributed by atoms with E-state index < -0.39 is 24.0 Å². The van der Waals surface area contributed by atoms with E-state index in [2.05, 4.69) is 27.8 Å². The molecule has 0 aromatic carbocycles. The van der Waals surface area contributed by atoms with Gasteiger partial charge in [0.1, 0.15) is 25.0 Å². The molecule has 1 unspecified atom stereocenters. The number of rotatable bonds is 43. The summed E-state index contributed by atoms with van der Waals surface area (Å²) in [6, 6.07) is -1.59. The van der Waals surface area contributed by atoms with Crippen molar-refractivity contribution >= 4 is 35.6 Å². The molecule has 4 amide bonds. The molecule has 59 heavy (non-hydrogen) atoms. The molecule has 0 rings (SSSR count). The van der Waals surface area contributed by atoms with Crippen molar-refractivity contribution in [2.24, 2.45) is 5.73 Å². The molecule has 0 saturated heterocycles. The predicted octanol–water partition coefficient (Wildman–Crippen LogP) is 3.26. The van der Waals surface area contributed by atoms with Gasteiger partial charge < -0.3 is 61.3 Å². The first-order valence-corrected chi connectivity index (χ1v) is 21.4. The van der Waals surface area contributed by atoms with Crippen molar-refractivity contribution in [2.45, 2.75) is 141 Å². The molecule has 2 atom stereocenters. The average Bonchev–Trinajstić information content (AvgIpc) is 3.19. The molecule has 0 aromatic rings. The Kier molecular flexibility index (Phi) is 37.0. The molecule has 0 heterocycles. The number of ether oxygens (including phenoxy) is 4. The minimum Gasteiger partial charge on any atom is -0.511 e. The van der Waals surface area contributed by atoms with E-state index in [1.807, 2.05) is 0 Å². The molecule has 0 radical (unpaired) electrons. The maximum absolute atomic E-state index is 12.3. The third-order valence-corrected chi connectivity index (χ3v) is 9.13. The third-order valence-electron chi connectivity index (χ3n) is 9.13. The second-order valence-corrected chi connectivity index (χ2v) is 14.5. The Morgan fingerprint density at radius 1 is 0.475 bits per heavy atom. The van der Waals surface area contributed by atoms with Crippen LogP contribution in [0.5, 0.6) is 0 Å². The maximum Gasteiger partial charge on any atom is 0.326 e. The van der Waals surface area contributed by atoms with Gasteiger partial charge in [0.2, 0.25) is 23.6 Å². The Hall–Kier alpha value is -3.84. The molecular weight excluding hydrogens is 770 g/mol. The van der Waals surface area contributed by atoms with Crippen LogP contribution >= 0.6 is 0 Å². The van der Waals surface area contributed by atoms with Crippen LogP contribution < -0.4 is 27.0 Å². The lowest BCUT2D eigenvalue weighted by molar-refractivity contribution is -0.142. The van der Waals surface area contributed by atoms with Gasteiger partial charge in [0.15, 0.2) is 0 Å². The van der Waals surface area contributed by atoms with Crippen molar-refractivity contribution in [1.82, 2.24) is 21.3 Å². The molecule has 0 fully saturated rings. The van der Waals surface area contributed by atoms with Gasteiger partial charge in [-0.15, -0.1) is 0 Å². The average molecular weight is 846 g/mol. The molecule has 0 spiro atoms. The first kappa shape index (κ1) is 55.2. The number of carboxylic acids is 2. The van der Waals surface area contributed by atoms with E-state index in [0.29, 0.717) is 19.4 Å². The molecule has 0 aromatic heterocycles. The lowest BCUT2D eigenvalue weighted by Crippen LogP contribution is -2.41. The molecule has 342 valence electrons. The van der Waals surface area contributed by atoms with Crippen LogP contribution in [-0.2, 0) is 47.7 Å². The van der Waals surface area contributed by atoms with Crippen molar-refractivity contribution in [2.75, 3.05) is 72.5 Å². The standard InChI is InChI=1S/C41H75N5O13/c1-33(47)34(42)17-15-16-22-43-38(50)31-58-29-28-57-26-24-45-39(51)32-59-30-27-56-25-23-44-36(48)21-20-35(41(54)55)46-37(49)18-13-11-9-7-5-3-2-4-6-8-10-12-14-19-40(52)53/h34-35,47H,1-32,42H2,(H,43,50)(H,44,48)(H,45,51)(H,46,49)(H,52,53)(H,54,55)/t34?,35-/m0/s1. The number of hydrogen-bond donors (Lipinski definition) is 8. The summed E-state index contributed by atoms with van der Waals surface area (Å²) >= 11 is 0. The minimum absolute atomic E-state index is 0.0291. The normalized spacial score (nSPS) is 12.0. The lowest BCUT2D eigenvalue weighted by atomic mass is 10.0. The molecule has 0 aliphatic rings. The Labute approximate surface area is 350 Å². The van der Waals surface area contributed by atoms with Gasteiger partial charge in [0, 0.05) is 38.9 Å². The van der Waals surface area contributed by atoms with Gasteiger partial charge in [-0.05, 0) is 38.5 Å². The number of unbranched alkanes of at least 4 members (excludes halogenated alkanes) is 13. The number of carboxylic acid groups (broad SMARTS) is 2. The molecular formula is C41H75N5O13. The van der Waals surface area contributed by atoms with Gasteiger partial charge in [-0.2, -0.15) is 0 Å². The summed E-state index contributed by atoms with van der Waals surface area (Å²) in [5, 5.41) is 37.9. The lowest BCUT2D eigenvalue weighted by Gasteiger charge is -2.14. The number of carbonyl (C=O) groups is 6. The highest BCUT2D eigenvalue weighted by atomic mass is 16.5. The number of carbonyl (C=O) groups excluding carboxylic acids is 4. The molecule has 0 saturated carbocycles. The molecule has 9 N–H and O–H groups in total. The van der Waals surface area contributed by atoms with Crippen LogP contribution in [0.2, 0.25) is 0 Å². The van der Waals surface area contributed by atoms with Crippen LogP contribution in [0.3, 0.4) is 0 Å². The number of aliphatic hydroxyl groups is 1. The van der Waals surface area contributed by atoms with Gasteiger partial charge >= 0.3 is 11.9 Å². The number of hydrogen-bond acceptors (Lipinski definition) is 12. The van der Waals surface area contributed by atoms with E-state index in [0.717, 1.165) is 64.2 Å². The van der Waals surface area contributed by atoms with E-state index >= 15 is 0 Å². The van der Waals surface area contributed by atoms with E-state index in [1.165, 1.54) is 25.7 Å². The molecule has 18 nitrogen and oxygen atoms in total. The first-order chi connectivity index (χ1) is 28.4. The maximum atomic E-state index is 12.3. The van der Waals surface area contributed by atoms with Gasteiger partial charge in [-0.3, -0.25) is 24.0 Å². The van der Waals surface area contributed by atoms with Crippen LogP contribution in [0.4, 0.5) is 0 Å². The largest absolute Gasteiger partial charge is 0.511 e. The summed E-state index contributed by atoms with van der Waals surface area (Å²) < 4.78 is 21.3. The van der Waals surface area contributed by atoms with Crippen molar-refractivity contribution in [1.29, 1.82) is 0 Å². The van der Waals surface area contributed by atoms with Crippen molar-refractivity contribution in [3.05, 3.63) is 12.3 Å². The molecule has 0 aliphatic carbocycles. The fourth-order valence-electron chi connectivity index (χ4n) is 5.67. The predicted molar refractivity (Wildman–Crippen MR) is 222 cm³/mol. The van der Waals surface area contributed by atoms with E-state index in [4.69, 9.17) is 29.8 Å². The highest BCUT2D eigenvalue weighted by Gasteiger charge is 2.21. The summed E-state index contributed by atoms with van der Waals surface area (Å²) in [6.45, 7) is 5.41. The second kappa shape index (κ2) is 39.6. The monoisotopic (exact) mass is 846 g/mol. The third kappa shape index (κ3) is 39.4. The zero-order valence-corrected chi connectivity index (χ0v) is 35.3. The number of nitrogens with one attached hydrogen (secondary N) is 4. The van der Waals surface area contributed by atoms with Crippen molar-refractivity contribution in [3.63, 3.8) is 0 Å². The van der Waals surface area contributed by atoms with Crippen LogP contribution in [-0.4, -0.2) is 135 Å². The highest BCUT2D eigenvalue weighted by molar-refractivity contribution is 5.84. The van der Waals surface area contributed by atoms with E-state index in [-0.39, 0.29) is 121 Å². The van der Waals surface area contributed by atoms with Gasteiger partial charge in [-0.1, -0.05) is 77.2 Å². The zero-order valence-electron chi connectivity index (χ0n) is 35.3. The summed E-state index contributed by atoms with van der Waals surface area (Å²) in [5.74, 6) is -3.20. The van der Waals surface area contributed by atoms with Crippen LogP contribution in [0.1, 0.15) is 128 Å². The summed E-state index contributed by atoms with van der Waals surface area (Å²) in [7, 11) is 0. The Bertz CT molecular complexity index is 1160. The van der Waals surface area contributed by atoms with Gasteiger partial charge in [-0.25, -0.2) is 4.79 Å². The Morgan fingerprint density at radius 3 is 1.39 bits per heavy atom. The van der Waals surface area contributed by atoms with Gasteiger partial charge in [0.25, 0.3) is 0 Å². The number of amides is 4. The fourth-order valence-corrected chi connectivity index (χ4v) is 5.67. The minimum atomic E-state index is -1.19. The van der Waals surface area contributed by atoms with E-state index in [9.17, 15) is 39.0 Å². The summed E-state index contributed by atoms with van der Waals surface area (Å²) in [6.07, 6.45) is 16.1. The summed E-state index contributed by atoms with van der Waals surface area (Å²) in [4.78, 5) is 70.3.